The number of alkyl halides is 6. The second kappa shape index (κ2) is 4.84. The van der Waals surface area contributed by atoms with Crippen molar-refractivity contribution >= 4 is 0 Å². The number of furan rings is 1. The van der Waals surface area contributed by atoms with Crippen molar-refractivity contribution in [2.24, 2.45) is 0 Å². The van der Waals surface area contributed by atoms with Gasteiger partial charge < -0.3 is 4.42 Å². The second-order valence-corrected chi connectivity index (χ2v) is 4.07. The molecule has 1 aromatic heterocycles. The molecule has 8 heteroatoms. The molecule has 2 rings (SSSR count). The minimum Gasteiger partial charge on any atom is -0.446 e. The quantitative estimate of drug-likeness (QED) is 0.706. The monoisotopic (exact) mass is 305 g/mol. The van der Waals surface area contributed by atoms with Crippen LogP contribution in [0.1, 0.15) is 16.9 Å². The van der Waals surface area contributed by atoms with E-state index < -0.39 is 29.0 Å². The summed E-state index contributed by atoms with van der Waals surface area (Å²) in [4.78, 5) is 0. The third-order valence-corrected chi connectivity index (χ3v) is 2.59. The zero-order valence-electron chi connectivity index (χ0n) is 10.0. The van der Waals surface area contributed by atoms with E-state index in [1.807, 2.05) is 0 Å². The zero-order valence-corrected chi connectivity index (χ0v) is 10.0. The number of benzene rings is 1. The van der Waals surface area contributed by atoms with Crippen molar-refractivity contribution in [3.63, 3.8) is 0 Å². The molecule has 0 saturated heterocycles. The molecular formula is C13H5F6NO. The fourth-order valence-corrected chi connectivity index (χ4v) is 1.65. The fourth-order valence-electron chi connectivity index (χ4n) is 1.65. The Morgan fingerprint density at radius 3 is 1.76 bits per heavy atom. The van der Waals surface area contributed by atoms with Gasteiger partial charge in [-0.05, 0) is 30.3 Å². The van der Waals surface area contributed by atoms with Crippen LogP contribution in [-0.2, 0) is 12.4 Å². The molecule has 2 nitrogen and oxygen atoms in total. The van der Waals surface area contributed by atoms with Crippen LogP contribution in [-0.4, -0.2) is 0 Å². The van der Waals surface area contributed by atoms with Gasteiger partial charge in [-0.15, -0.1) is 0 Å². The van der Waals surface area contributed by atoms with E-state index in [4.69, 9.17) is 9.68 Å². The van der Waals surface area contributed by atoms with Crippen molar-refractivity contribution in [3.8, 4) is 17.4 Å². The van der Waals surface area contributed by atoms with Crippen LogP contribution in [0.3, 0.4) is 0 Å². The van der Waals surface area contributed by atoms with E-state index >= 15 is 0 Å². The standard InChI is InChI=1S/C13H5F6NO/c14-12(15,16)8-3-7(4-9(5-8)13(17,18)19)11-2-1-10(6-20)21-11/h1-5H. The van der Waals surface area contributed by atoms with E-state index in [2.05, 4.69) is 0 Å². The SMILES string of the molecule is N#Cc1ccc(-c2cc(C(F)(F)F)cc(C(F)(F)F)c2)o1. The Bertz CT molecular complexity index is 672. The fraction of sp³-hybridized carbons (Fsp3) is 0.154. The largest absolute Gasteiger partial charge is 0.446 e. The molecule has 0 amide bonds. The molecule has 21 heavy (non-hydrogen) atoms. The molecule has 0 atom stereocenters. The van der Waals surface area contributed by atoms with Crippen LogP contribution >= 0.6 is 0 Å². The minimum atomic E-state index is -4.93. The third-order valence-electron chi connectivity index (χ3n) is 2.59. The van der Waals surface area contributed by atoms with Gasteiger partial charge in [0.1, 0.15) is 11.8 Å². The summed E-state index contributed by atoms with van der Waals surface area (Å²) in [6.07, 6.45) is -9.86. The Hall–Kier alpha value is -2.43. The van der Waals surface area contributed by atoms with E-state index in [-0.39, 0.29) is 17.6 Å². The van der Waals surface area contributed by atoms with Crippen LogP contribution in [0.4, 0.5) is 26.3 Å². The molecule has 0 aliphatic heterocycles. The maximum absolute atomic E-state index is 12.7. The molecule has 0 saturated carbocycles. The number of nitriles is 1. The Kier molecular flexibility index (Phi) is 3.45. The molecule has 0 radical (unpaired) electrons. The van der Waals surface area contributed by atoms with Crippen molar-refractivity contribution in [3.05, 3.63) is 47.2 Å². The summed E-state index contributed by atoms with van der Waals surface area (Å²) < 4.78 is 80.9. The van der Waals surface area contributed by atoms with Crippen LogP contribution in [0.25, 0.3) is 11.3 Å². The molecule has 0 fully saturated rings. The molecule has 0 aliphatic rings. The highest BCUT2D eigenvalue weighted by Crippen LogP contribution is 2.38. The maximum atomic E-state index is 12.7. The van der Waals surface area contributed by atoms with Gasteiger partial charge in [0.25, 0.3) is 0 Å². The van der Waals surface area contributed by atoms with Gasteiger partial charge in [0.05, 0.1) is 11.1 Å². The lowest BCUT2D eigenvalue weighted by Crippen LogP contribution is -2.11. The molecule has 110 valence electrons. The lowest BCUT2D eigenvalue weighted by molar-refractivity contribution is -0.143. The number of hydrogen-bond acceptors (Lipinski definition) is 2. The van der Waals surface area contributed by atoms with Gasteiger partial charge in [-0.1, -0.05) is 0 Å². The number of nitrogens with zero attached hydrogens (tertiary/aromatic N) is 1. The molecule has 1 aromatic carbocycles. The average molecular weight is 305 g/mol. The first-order valence-corrected chi connectivity index (χ1v) is 5.41. The van der Waals surface area contributed by atoms with Gasteiger partial charge >= 0.3 is 12.4 Å². The van der Waals surface area contributed by atoms with Crippen molar-refractivity contribution in [1.82, 2.24) is 0 Å². The molecule has 0 bridgehead atoms. The Balaban J connectivity index is 2.63. The molecule has 2 aromatic rings. The highest BCUT2D eigenvalue weighted by Gasteiger charge is 2.37. The lowest BCUT2D eigenvalue weighted by atomic mass is 10.0. The van der Waals surface area contributed by atoms with Crippen molar-refractivity contribution in [2.75, 3.05) is 0 Å². The highest BCUT2D eigenvalue weighted by atomic mass is 19.4. The van der Waals surface area contributed by atoms with E-state index in [1.165, 1.54) is 0 Å². The Labute approximate surface area is 114 Å². The molecule has 1 heterocycles. The van der Waals surface area contributed by atoms with Gasteiger partial charge in [-0.3, -0.25) is 0 Å². The zero-order chi connectivity index (χ0) is 15.8. The topological polar surface area (TPSA) is 36.9 Å². The summed E-state index contributed by atoms with van der Waals surface area (Å²) in [5, 5.41) is 8.56. The summed E-state index contributed by atoms with van der Waals surface area (Å²) in [6, 6.07) is 4.98. The van der Waals surface area contributed by atoms with Crippen LogP contribution in [0.2, 0.25) is 0 Å². The van der Waals surface area contributed by atoms with E-state index in [1.54, 1.807) is 6.07 Å². The normalized spacial score (nSPS) is 12.2. The van der Waals surface area contributed by atoms with Crippen LogP contribution < -0.4 is 0 Å². The number of halogens is 6. The van der Waals surface area contributed by atoms with Gasteiger partial charge in [-0.25, -0.2) is 0 Å². The van der Waals surface area contributed by atoms with Gasteiger partial charge in [0, 0.05) is 5.56 Å². The minimum absolute atomic E-state index is 0.0254. The summed E-state index contributed by atoms with van der Waals surface area (Å²) in [5.41, 5.74) is -3.29. The van der Waals surface area contributed by atoms with Crippen molar-refractivity contribution < 1.29 is 30.8 Å². The van der Waals surface area contributed by atoms with E-state index in [0.29, 0.717) is 12.1 Å². The van der Waals surface area contributed by atoms with Gasteiger partial charge in [0.15, 0.2) is 0 Å². The van der Waals surface area contributed by atoms with Gasteiger partial charge in [0.2, 0.25) is 5.76 Å². The molecule has 0 unspecified atom stereocenters. The van der Waals surface area contributed by atoms with Crippen molar-refractivity contribution in [1.29, 1.82) is 5.26 Å². The average Bonchev–Trinajstić information content (AvgIpc) is 2.85. The maximum Gasteiger partial charge on any atom is 0.416 e. The Morgan fingerprint density at radius 1 is 0.857 bits per heavy atom. The summed E-state index contributed by atoms with van der Waals surface area (Å²) in [5.74, 6) is -0.459. The predicted molar refractivity (Wildman–Crippen MR) is 58.9 cm³/mol. The van der Waals surface area contributed by atoms with E-state index in [9.17, 15) is 26.3 Å². The molecule has 0 spiro atoms. The predicted octanol–water partition coefficient (Wildman–Crippen LogP) is 4.86. The second-order valence-electron chi connectivity index (χ2n) is 4.07. The molecule has 0 aliphatic carbocycles. The smallest absolute Gasteiger partial charge is 0.416 e. The third kappa shape index (κ3) is 3.18. The first-order chi connectivity index (χ1) is 9.61. The number of rotatable bonds is 1. The van der Waals surface area contributed by atoms with Crippen molar-refractivity contribution in [2.45, 2.75) is 12.4 Å². The van der Waals surface area contributed by atoms with Crippen LogP contribution in [0, 0.1) is 11.3 Å². The van der Waals surface area contributed by atoms with Gasteiger partial charge in [-0.2, -0.15) is 31.6 Å². The number of hydrogen-bond donors (Lipinski definition) is 0. The Morgan fingerprint density at radius 2 is 1.38 bits per heavy atom. The first-order valence-electron chi connectivity index (χ1n) is 5.41. The molecule has 0 N–H and O–H groups in total. The summed E-state index contributed by atoms with van der Waals surface area (Å²) in [7, 11) is 0. The summed E-state index contributed by atoms with van der Waals surface area (Å²) in [6.45, 7) is 0. The lowest BCUT2D eigenvalue weighted by Gasteiger charge is -2.13. The summed E-state index contributed by atoms with van der Waals surface area (Å²) >= 11 is 0. The highest BCUT2D eigenvalue weighted by molar-refractivity contribution is 5.61. The molecular weight excluding hydrogens is 300 g/mol. The van der Waals surface area contributed by atoms with Crippen LogP contribution in [0.5, 0.6) is 0 Å². The van der Waals surface area contributed by atoms with E-state index in [0.717, 1.165) is 12.1 Å². The first kappa shape index (κ1) is 15.0. The van der Waals surface area contributed by atoms with Crippen LogP contribution in [0.15, 0.2) is 34.7 Å².